The van der Waals surface area contributed by atoms with Crippen LogP contribution >= 0.6 is 22.6 Å². The zero-order chi connectivity index (χ0) is 14.5. The SMILES string of the molecule is NC(=O)[C@H](Cc1ccccc1I)NC(=O)[C@H]1CCOC1. The molecular weight excluding hydrogens is 371 g/mol. The van der Waals surface area contributed by atoms with E-state index in [2.05, 4.69) is 27.9 Å². The van der Waals surface area contributed by atoms with E-state index in [-0.39, 0.29) is 11.8 Å². The standard InChI is InChI=1S/C14H17IN2O3/c15-11-4-2-1-3-9(11)7-12(13(16)18)17-14(19)10-5-6-20-8-10/h1-4,10,12H,5-8H2,(H2,16,18)(H,17,19)/t10-,12-/m0/s1. The minimum Gasteiger partial charge on any atom is -0.381 e. The molecule has 5 nitrogen and oxygen atoms in total. The molecular formula is C14H17IN2O3. The zero-order valence-corrected chi connectivity index (χ0v) is 13.1. The topological polar surface area (TPSA) is 81.4 Å². The molecule has 2 rings (SSSR count). The summed E-state index contributed by atoms with van der Waals surface area (Å²) in [6.45, 7) is 1.01. The summed E-state index contributed by atoms with van der Waals surface area (Å²) in [5.74, 6) is -0.846. The summed E-state index contributed by atoms with van der Waals surface area (Å²) in [6.07, 6.45) is 1.11. The molecule has 0 radical (unpaired) electrons. The van der Waals surface area contributed by atoms with Crippen LogP contribution in [0.4, 0.5) is 0 Å². The molecule has 0 aliphatic carbocycles. The molecule has 3 N–H and O–H groups in total. The molecule has 1 fully saturated rings. The molecule has 0 bridgehead atoms. The van der Waals surface area contributed by atoms with Crippen LogP contribution in [0.15, 0.2) is 24.3 Å². The largest absolute Gasteiger partial charge is 0.381 e. The number of hydrogen-bond acceptors (Lipinski definition) is 3. The zero-order valence-electron chi connectivity index (χ0n) is 11.0. The lowest BCUT2D eigenvalue weighted by Crippen LogP contribution is -2.48. The maximum atomic E-state index is 12.0. The predicted molar refractivity (Wildman–Crippen MR) is 82.9 cm³/mol. The minimum absolute atomic E-state index is 0.155. The fourth-order valence-corrected chi connectivity index (χ4v) is 2.75. The highest BCUT2D eigenvalue weighted by molar-refractivity contribution is 14.1. The van der Waals surface area contributed by atoms with Gasteiger partial charge in [-0.25, -0.2) is 0 Å². The maximum Gasteiger partial charge on any atom is 0.240 e. The summed E-state index contributed by atoms with van der Waals surface area (Å²) in [5.41, 5.74) is 6.39. The number of rotatable bonds is 5. The Morgan fingerprint density at radius 1 is 1.45 bits per heavy atom. The predicted octanol–water partition coefficient (Wildman–Crippen LogP) is 0.840. The van der Waals surface area contributed by atoms with Crippen molar-refractivity contribution in [1.82, 2.24) is 5.32 Å². The number of halogens is 1. The quantitative estimate of drug-likeness (QED) is 0.734. The second-order valence-electron chi connectivity index (χ2n) is 4.82. The summed E-state index contributed by atoms with van der Waals surface area (Å²) in [6, 6.07) is 7.05. The molecule has 1 aliphatic rings. The van der Waals surface area contributed by atoms with Crippen molar-refractivity contribution in [3.8, 4) is 0 Å². The molecule has 6 heteroatoms. The first-order valence-electron chi connectivity index (χ1n) is 6.48. The van der Waals surface area contributed by atoms with E-state index in [1.165, 1.54) is 0 Å². The first-order valence-corrected chi connectivity index (χ1v) is 7.56. The number of carbonyl (C=O) groups is 2. The van der Waals surface area contributed by atoms with Crippen LogP contribution in [0, 0.1) is 9.49 Å². The summed E-state index contributed by atoms with van der Waals surface area (Å²) < 4.78 is 6.23. The number of nitrogens with two attached hydrogens (primary N) is 1. The third-order valence-corrected chi connectivity index (χ3v) is 4.39. The van der Waals surface area contributed by atoms with Crippen molar-refractivity contribution in [2.24, 2.45) is 11.7 Å². The third kappa shape index (κ3) is 3.92. The van der Waals surface area contributed by atoms with Gasteiger partial charge in [0.2, 0.25) is 11.8 Å². The highest BCUT2D eigenvalue weighted by Gasteiger charge is 2.27. The lowest BCUT2D eigenvalue weighted by atomic mass is 10.0. The van der Waals surface area contributed by atoms with Gasteiger partial charge in [-0.3, -0.25) is 9.59 Å². The molecule has 1 aromatic carbocycles. The normalized spacial score (nSPS) is 19.6. The van der Waals surface area contributed by atoms with E-state index in [9.17, 15) is 9.59 Å². The van der Waals surface area contributed by atoms with E-state index in [0.717, 1.165) is 9.13 Å². The average Bonchev–Trinajstić information content (AvgIpc) is 2.94. The number of benzene rings is 1. The van der Waals surface area contributed by atoms with Crippen molar-refractivity contribution in [1.29, 1.82) is 0 Å². The van der Waals surface area contributed by atoms with Crippen LogP contribution in [-0.2, 0) is 20.7 Å². The van der Waals surface area contributed by atoms with Gasteiger partial charge in [-0.15, -0.1) is 0 Å². The van der Waals surface area contributed by atoms with Gasteiger partial charge in [0.1, 0.15) is 6.04 Å². The summed E-state index contributed by atoms with van der Waals surface area (Å²) >= 11 is 2.20. The number of ether oxygens (including phenoxy) is 1. The summed E-state index contributed by atoms with van der Waals surface area (Å²) in [7, 11) is 0. The van der Waals surface area contributed by atoms with E-state index >= 15 is 0 Å². The number of carbonyl (C=O) groups excluding carboxylic acids is 2. The molecule has 1 aliphatic heterocycles. The molecule has 20 heavy (non-hydrogen) atoms. The molecule has 0 saturated carbocycles. The van der Waals surface area contributed by atoms with Gasteiger partial charge in [-0.05, 0) is 40.6 Å². The molecule has 2 amide bonds. The molecule has 0 unspecified atom stereocenters. The van der Waals surface area contributed by atoms with E-state index in [0.29, 0.717) is 26.1 Å². The molecule has 108 valence electrons. The van der Waals surface area contributed by atoms with Crippen LogP contribution < -0.4 is 11.1 Å². The maximum absolute atomic E-state index is 12.0. The fourth-order valence-electron chi connectivity index (χ4n) is 2.14. The first-order chi connectivity index (χ1) is 9.58. The van der Waals surface area contributed by atoms with Gasteiger partial charge in [0.15, 0.2) is 0 Å². The van der Waals surface area contributed by atoms with Crippen molar-refractivity contribution in [3.63, 3.8) is 0 Å². The van der Waals surface area contributed by atoms with Crippen LogP contribution in [0.3, 0.4) is 0 Å². The average molecular weight is 388 g/mol. The van der Waals surface area contributed by atoms with Gasteiger partial charge in [-0.1, -0.05) is 18.2 Å². The van der Waals surface area contributed by atoms with E-state index < -0.39 is 11.9 Å². The van der Waals surface area contributed by atoms with Crippen LogP contribution in [0.25, 0.3) is 0 Å². The molecule has 1 heterocycles. The monoisotopic (exact) mass is 388 g/mol. The Morgan fingerprint density at radius 3 is 2.80 bits per heavy atom. The van der Waals surface area contributed by atoms with Gasteiger partial charge < -0.3 is 15.8 Å². The van der Waals surface area contributed by atoms with Crippen molar-refractivity contribution >= 4 is 34.4 Å². The second kappa shape index (κ2) is 7.03. The van der Waals surface area contributed by atoms with E-state index in [4.69, 9.17) is 10.5 Å². The number of hydrogen-bond donors (Lipinski definition) is 2. The van der Waals surface area contributed by atoms with Gasteiger partial charge in [-0.2, -0.15) is 0 Å². The van der Waals surface area contributed by atoms with Crippen molar-refractivity contribution < 1.29 is 14.3 Å². The molecule has 0 spiro atoms. The van der Waals surface area contributed by atoms with Gasteiger partial charge in [0, 0.05) is 16.6 Å². The van der Waals surface area contributed by atoms with Gasteiger partial charge in [0.25, 0.3) is 0 Å². The molecule has 2 atom stereocenters. The second-order valence-corrected chi connectivity index (χ2v) is 5.98. The Morgan fingerprint density at radius 2 is 2.20 bits per heavy atom. The van der Waals surface area contributed by atoms with Crippen molar-refractivity contribution in [3.05, 3.63) is 33.4 Å². The van der Waals surface area contributed by atoms with Crippen LogP contribution in [0.5, 0.6) is 0 Å². The van der Waals surface area contributed by atoms with Crippen LogP contribution in [-0.4, -0.2) is 31.1 Å². The number of nitrogens with one attached hydrogen (secondary N) is 1. The summed E-state index contributed by atoms with van der Waals surface area (Å²) in [4.78, 5) is 23.6. The Balaban J connectivity index is 2.02. The van der Waals surface area contributed by atoms with Crippen LogP contribution in [0.2, 0.25) is 0 Å². The lowest BCUT2D eigenvalue weighted by molar-refractivity contribution is -0.129. The number of amides is 2. The van der Waals surface area contributed by atoms with E-state index in [1.807, 2.05) is 24.3 Å². The molecule has 1 aromatic rings. The third-order valence-electron chi connectivity index (χ3n) is 3.34. The van der Waals surface area contributed by atoms with Crippen molar-refractivity contribution in [2.75, 3.05) is 13.2 Å². The Hall–Kier alpha value is -1.15. The smallest absolute Gasteiger partial charge is 0.240 e. The minimum atomic E-state index is -0.681. The van der Waals surface area contributed by atoms with Gasteiger partial charge >= 0.3 is 0 Å². The fraction of sp³-hybridized carbons (Fsp3) is 0.429. The molecule has 1 saturated heterocycles. The number of primary amides is 1. The summed E-state index contributed by atoms with van der Waals surface area (Å²) in [5, 5.41) is 2.74. The lowest BCUT2D eigenvalue weighted by Gasteiger charge is -2.18. The highest BCUT2D eigenvalue weighted by atomic mass is 127. The van der Waals surface area contributed by atoms with Crippen molar-refractivity contribution in [2.45, 2.75) is 18.9 Å². The molecule has 0 aromatic heterocycles. The Labute approximate surface area is 131 Å². The first kappa shape index (κ1) is 15.2. The Bertz CT molecular complexity index is 501. The van der Waals surface area contributed by atoms with Crippen LogP contribution in [0.1, 0.15) is 12.0 Å². The Kier molecular flexibility index (Phi) is 5.36. The van der Waals surface area contributed by atoms with E-state index in [1.54, 1.807) is 0 Å². The van der Waals surface area contributed by atoms with Gasteiger partial charge in [0.05, 0.1) is 12.5 Å². The highest BCUT2D eigenvalue weighted by Crippen LogP contribution is 2.15.